The minimum atomic E-state index is -2.71. The molecular formula is C25H38F3N5. The standard InChI is InChI=1S/C25H38F3N5/c1-9-20(23(29-11-3)30-12-4)18(6)21-13-19(24(7,8)26)14-22(33-21)32-16-31-17(5)15-25(27,28)10-2/h11-14,17,31H,3-4,9-10,15-16H2,1-2,5-8H3,(H,29,30)(H,32,33)/b20-18+. The van der Waals surface area contributed by atoms with Gasteiger partial charge in [-0.1, -0.05) is 27.0 Å². The normalized spacial score (nSPS) is 14.4. The highest BCUT2D eigenvalue weighted by atomic mass is 19.3. The molecule has 0 aromatic carbocycles. The van der Waals surface area contributed by atoms with Gasteiger partial charge in [0.1, 0.15) is 17.3 Å². The number of rotatable bonds is 13. The number of anilines is 1. The summed E-state index contributed by atoms with van der Waals surface area (Å²) in [5, 5.41) is 9.13. The lowest BCUT2D eigenvalue weighted by Gasteiger charge is -2.22. The smallest absolute Gasteiger partial charge is 0.249 e. The summed E-state index contributed by atoms with van der Waals surface area (Å²) in [4.78, 5) is 8.93. The van der Waals surface area contributed by atoms with Gasteiger partial charge in [0.2, 0.25) is 5.92 Å². The van der Waals surface area contributed by atoms with Gasteiger partial charge in [-0.15, -0.1) is 0 Å². The fraction of sp³-hybridized carbons (Fsp3) is 0.520. The topological polar surface area (TPSA) is 61.3 Å². The van der Waals surface area contributed by atoms with Crippen LogP contribution >= 0.6 is 0 Å². The number of hydrogen-bond acceptors (Lipinski definition) is 4. The summed E-state index contributed by atoms with van der Waals surface area (Å²) >= 11 is 0. The first-order valence-corrected chi connectivity index (χ1v) is 11.2. The number of hydrogen-bond donors (Lipinski definition) is 3. The molecule has 3 N–H and O–H groups in total. The zero-order chi connectivity index (χ0) is 25.2. The zero-order valence-corrected chi connectivity index (χ0v) is 20.7. The van der Waals surface area contributed by atoms with Gasteiger partial charge in [-0.2, -0.15) is 0 Å². The summed E-state index contributed by atoms with van der Waals surface area (Å²) in [5.41, 5.74) is 1.16. The largest absolute Gasteiger partial charge is 0.357 e. The van der Waals surface area contributed by atoms with Crippen LogP contribution in [0.1, 0.15) is 72.1 Å². The molecule has 0 aliphatic carbocycles. The molecule has 0 fully saturated rings. The monoisotopic (exact) mass is 465 g/mol. The van der Waals surface area contributed by atoms with E-state index in [0.29, 0.717) is 29.3 Å². The number of allylic oxidation sites excluding steroid dienone is 1. The lowest BCUT2D eigenvalue weighted by Crippen LogP contribution is -2.36. The highest BCUT2D eigenvalue weighted by Gasteiger charge is 2.28. The Hall–Kier alpha value is -2.61. The van der Waals surface area contributed by atoms with Crippen molar-refractivity contribution in [3.63, 3.8) is 0 Å². The summed E-state index contributed by atoms with van der Waals surface area (Å²) in [6.07, 6.45) is 3.16. The van der Waals surface area contributed by atoms with Crippen LogP contribution in [0.25, 0.3) is 5.57 Å². The fourth-order valence-corrected chi connectivity index (χ4v) is 3.29. The summed E-state index contributed by atoms with van der Waals surface area (Å²) in [6, 6.07) is 2.95. The number of halogens is 3. The summed E-state index contributed by atoms with van der Waals surface area (Å²) in [7, 11) is 0. The quantitative estimate of drug-likeness (QED) is 0.176. The average Bonchev–Trinajstić information content (AvgIpc) is 2.73. The van der Waals surface area contributed by atoms with E-state index in [-0.39, 0.29) is 19.5 Å². The maximum Gasteiger partial charge on any atom is 0.249 e. The van der Waals surface area contributed by atoms with Crippen LogP contribution in [0.4, 0.5) is 19.0 Å². The van der Waals surface area contributed by atoms with Gasteiger partial charge in [0.25, 0.3) is 0 Å². The van der Waals surface area contributed by atoms with Crippen LogP contribution in [0, 0.1) is 0 Å². The summed E-state index contributed by atoms with van der Waals surface area (Å²) in [5.74, 6) is -1.67. The molecular weight excluding hydrogens is 427 g/mol. The Morgan fingerprint density at radius 3 is 2.39 bits per heavy atom. The Morgan fingerprint density at radius 1 is 1.21 bits per heavy atom. The van der Waals surface area contributed by atoms with Crippen molar-refractivity contribution in [2.75, 3.05) is 12.0 Å². The van der Waals surface area contributed by atoms with Gasteiger partial charge >= 0.3 is 0 Å². The molecule has 5 nitrogen and oxygen atoms in total. The Kier molecular flexibility index (Phi) is 10.8. The van der Waals surface area contributed by atoms with Crippen LogP contribution in [0.15, 0.2) is 48.3 Å². The van der Waals surface area contributed by atoms with E-state index in [0.717, 1.165) is 11.1 Å². The van der Waals surface area contributed by atoms with Crippen LogP contribution in [-0.2, 0) is 5.67 Å². The second kappa shape index (κ2) is 12.6. The van der Waals surface area contributed by atoms with Crippen molar-refractivity contribution in [2.24, 2.45) is 4.99 Å². The maximum atomic E-state index is 14.9. The Balaban J connectivity index is 3.27. The highest BCUT2D eigenvalue weighted by molar-refractivity contribution is 6.05. The predicted molar refractivity (Wildman–Crippen MR) is 133 cm³/mol. The summed E-state index contributed by atoms with van der Waals surface area (Å²) < 4.78 is 42.1. The lowest BCUT2D eigenvalue weighted by atomic mass is 9.96. The van der Waals surface area contributed by atoms with E-state index < -0.39 is 17.6 Å². The van der Waals surface area contributed by atoms with E-state index in [1.165, 1.54) is 33.2 Å². The van der Waals surface area contributed by atoms with E-state index in [1.54, 1.807) is 19.1 Å². The molecule has 0 radical (unpaired) electrons. The molecule has 184 valence electrons. The van der Waals surface area contributed by atoms with E-state index in [1.807, 2.05) is 13.8 Å². The van der Waals surface area contributed by atoms with Crippen molar-refractivity contribution in [1.29, 1.82) is 0 Å². The van der Waals surface area contributed by atoms with Crippen molar-refractivity contribution in [3.8, 4) is 0 Å². The van der Waals surface area contributed by atoms with E-state index in [9.17, 15) is 13.2 Å². The third kappa shape index (κ3) is 9.04. The Bertz CT molecular complexity index is 869. The molecule has 0 bridgehead atoms. The van der Waals surface area contributed by atoms with Crippen LogP contribution in [0.2, 0.25) is 0 Å². The lowest BCUT2D eigenvalue weighted by molar-refractivity contribution is -0.0188. The summed E-state index contributed by atoms with van der Waals surface area (Å²) in [6.45, 7) is 17.6. The van der Waals surface area contributed by atoms with E-state index >= 15 is 0 Å². The number of amidine groups is 1. The van der Waals surface area contributed by atoms with Gasteiger partial charge in [0, 0.05) is 25.1 Å². The van der Waals surface area contributed by atoms with Crippen molar-refractivity contribution in [1.82, 2.24) is 15.6 Å². The number of nitrogens with zero attached hydrogens (tertiary/aromatic N) is 2. The molecule has 1 aromatic heterocycles. The van der Waals surface area contributed by atoms with Gasteiger partial charge in [-0.25, -0.2) is 23.1 Å². The molecule has 1 aromatic rings. The second-order valence-corrected chi connectivity index (χ2v) is 8.44. The molecule has 33 heavy (non-hydrogen) atoms. The van der Waals surface area contributed by atoms with Gasteiger partial charge in [0.05, 0.1) is 12.4 Å². The molecule has 0 saturated heterocycles. The maximum absolute atomic E-state index is 14.9. The van der Waals surface area contributed by atoms with Gasteiger partial charge in [-0.05, 0) is 69.2 Å². The minimum absolute atomic E-state index is 0.200. The van der Waals surface area contributed by atoms with Gasteiger partial charge < -0.3 is 10.6 Å². The molecule has 1 atom stereocenters. The fourth-order valence-electron chi connectivity index (χ4n) is 3.29. The van der Waals surface area contributed by atoms with E-state index in [4.69, 9.17) is 0 Å². The molecule has 8 heteroatoms. The highest BCUT2D eigenvalue weighted by Crippen LogP contribution is 2.30. The first-order valence-electron chi connectivity index (χ1n) is 11.2. The number of pyridine rings is 1. The molecule has 0 aliphatic rings. The molecule has 0 spiro atoms. The Labute approximate surface area is 196 Å². The van der Waals surface area contributed by atoms with Crippen LogP contribution in [0.3, 0.4) is 0 Å². The van der Waals surface area contributed by atoms with E-state index in [2.05, 4.69) is 39.1 Å². The number of aliphatic imine (C=N–C) groups is 1. The van der Waals surface area contributed by atoms with Gasteiger partial charge in [0.15, 0.2) is 0 Å². The van der Waals surface area contributed by atoms with Crippen molar-refractivity contribution < 1.29 is 13.2 Å². The van der Waals surface area contributed by atoms with Crippen molar-refractivity contribution >= 4 is 17.2 Å². The first kappa shape index (κ1) is 28.4. The van der Waals surface area contributed by atoms with Crippen molar-refractivity contribution in [3.05, 3.63) is 54.5 Å². The minimum Gasteiger partial charge on any atom is -0.357 e. The van der Waals surface area contributed by atoms with Crippen LogP contribution < -0.4 is 16.0 Å². The molecule has 1 heterocycles. The SMILES string of the molecule is C=CN=C(NC=C)/C(CC)=C(\C)c1cc(C(C)(C)F)cc(NCNC(C)CC(F)(F)CC)n1. The Morgan fingerprint density at radius 2 is 1.88 bits per heavy atom. The number of alkyl halides is 3. The molecule has 0 saturated carbocycles. The first-order chi connectivity index (χ1) is 15.4. The third-order valence-electron chi connectivity index (χ3n) is 5.29. The second-order valence-electron chi connectivity index (χ2n) is 8.44. The zero-order valence-electron chi connectivity index (χ0n) is 20.7. The molecule has 1 unspecified atom stereocenters. The van der Waals surface area contributed by atoms with Gasteiger partial charge in [-0.3, -0.25) is 5.32 Å². The molecule has 0 aliphatic heterocycles. The molecule has 1 rings (SSSR count). The average molecular weight is 466 g/mol. The van der Waals surface area contributed by atoms with Crippen molar-refractivity contribution in [2.45, 2.75) is 78.4 Å². The van der Waals surface area contributed by atoms with Crippen LogP contribution in [0.5, 0.6) is 0 Å². The number of nitrogens with one attached hydrogen (secondary N) is 3. The number of aromatic nitrogens is 1. The molecule has 0 amide bonds. The third-order valence-corrected chi connectivity index (χ3v) is 5.29. The predicted octanol–water partition coefficient (Wildman–Crippen LogP) is 6.53. The van der Waals surface area contributed by atoms with Crippen LogP contribution in [-0.4, -0.2) is 29.5 Å².